The molecule has 2 aromatic rings. The molecule has 0 unspecified atom stereocenters. The van der Waals surface area contributed by atoms with E-state index in [4.69, 9.17) is 37.4 Å². The standard InChI is InChI=1S/C22H27Cl2N3O4/c1-29-20-6-3-16(13-21(20)30-2)15-27(8-7-26-9-11-31-12-10-26)22(28)25-17-4-5-18(23)19(24)14-17/h3-6,13-14H,7-12,15H2,1-2H3,(H,25,28). The lowest BCUT2D eigenvalue weighted by Crippen LogP contribution is -2.44. The Labute approximate surface area is 192 Å². The number of ether oxygens (including phenoxy) is 3. The van der Waals surface area contributed by atoms with E-state index in [0.29, 0.717) is 53.5 Å². The molecule has 2 amide bonds. The van der Waals surface area contributed by atoms with Crippen molar-refractivity contribution in [2.75, 3.05) is 58.9 Å². The second kappa shape index (κ2) is 11.4. The summed E-state index contributed by atoms with van der Waals surface area (Å²) in [5.74, 6) is 1.27. The zero-order valence-corrected chi connectivity index (χ0v) is 19.2. The molecule has 0 bridgehead atoms. The van der Waals surface area contributed by atoms with Gasteiger partial charge in [-0.25, -0.2) is 4.79 Å². The molecule has 3 rings (SSSR count). The number of morpholine rings is 1. The summed E-state index contributed by atoms with van der Waals surface area (Å²) < 4.78 is 16.1. The molecule has 2 aromatic carbocycles. The lowest BCUT2D eigenvalue weighted by Gasteiger charge is -2.30. The van der Waals surface area contributed by atoms with E-state index in [2.05, 4.69) is 10.2 Å². The molecular formula is C22H27Cl2N3O4. The predicted molar refractivity (Wildman–Crippen MR) is 123 cm³/mol. The van der Waals surface area contributed by atoms with Gasteiger partial charge in [-0.05, 0) is 35.9 Å². The first-order chi connectivity index (χ1) is 15.0. The maximum atomic E-state index is 13.1. The van der Waals surface area contributed by atoms with Crippen LogP contribution in [-0.2, 0) is 11.3 Å². The zero-order chi connectivity index (χ0) is 22.2. The number of halogens is 2. The van der Waals surface area contributed by atoms with Crippen LogP contribution in [0.4, 0.5) is 10.5 Å². The number of carbonyl (C=O) groups is 1. The topological polar surface area (TPSA) is 63.3 Å². The molecule has 0 radical (unpaired) electrons. The maximum Gasteiger partial charge on any atom is 0.322 e. The van der Waals surface area contributed by atoms with E-state index in [1.54, 1.807) is 37.3 Å². The van der Waals surface area contributed by atoms with Gasteiger partial charge in [-0.15, -0.1) is 0 Å². The van der Waals surface area contributed by atoms with Crippen LogP contribution in [0.2, 0.25) is 10.0 Å². The van der Waals surface area contributed by atoms with Gasteiger partial charge in [-0.3, -0.25) is 4.90 Å². The van der Waals surface area contributed by atoms with Gasteiger partial charge in [0.05, 0.1) is 37.5 Å². The predicted octanol–water partition coefficient (Wildman–Crippen LogP) is 4.38. The van der Waals surface area contributed by atoms with Crippen molar-refractivity contribution in [1.29, 1.82) is 0 Å². The Morgan fingerprint density at radius 2 is 1.81 bits per heavy atom. The van der Waals surface area contributed by atoms with E-state index in [1.807, 2.05) is 18.2 Å². The van der Waals surface area contributed by atoms with Gasteiger partial charge in [0.1, 0.15) is 0 Å². The molecule has 168 valence electrons. The summed E-state index contributed by atoms with van der Waals surface area (Å²) in [4.78, 5) is 17.2. The van der Waals surface area contributed by atoms with Crippen LogP contribution < -0.4 is 14.8 Å². The van der Waals surface area contributed by atoms with Crippen molar-refractivity contribution in [3.63, 3.8) is 0 Å². The van der Waals surface area contributed by atoms with Gasteiger partial charge in [0.2, 0.25) is 0 Å². The summed E-state index contributed by atoms with van der Waals surface area (Å²) in [7, 11) is 3.19. The Morgan fingerprint density at radius 1 is 1.06 bits per heavy atom. The van der Waals surface area contributed by atoms with E-state index in [0.717, 1.165) is 25.2 Å². The van der Waals surface area contributed by atoms with Crippen LogP contribution in [0.15, 0.2) is 36.4 Å². The fourth-order valence-corrected chi connectivity index (χ4v) is 3.61. The van der Waals surface area contributed by atoms with E-state index >= 15 is 0 Å². The van der Waals surface area contributed by atoms with E-state index in [1.165, 1.54) is 0 Å². The first-order valence-corrected chi connectivity index (χ1v) is 10.8. The molecule has 1 aliphatic rings. The molecule has 1 saturated heterocycles. The summed E-state index contributed by atoms with van der Waals surface area (Å²) in [6.07, 6.45) is 0. The molecule has 0 saturated carbocycles. The third-order valence-corrected chi connectivity index (χ3v) is 5.81. The molecule has 0 atom stereocenters. The summed E-state index contributed by atoms with van der Waals surface area (Å²) in [6.45, 7) is 4.87. The Bertz CT molecular complexity index is 891. The normalized spacial score (nSPS) is 14.2. The minimum Gasteiger partial charge on any atom is -0.493 e. The quantitative estimate of drug-likeness (QED) is 0.623. The van der Waals surface area contributed by atoms with E-state index in [-0.39, 0.29) is 6.03 Å². The molecule has 1 fully saturated rings. The van der Waals surface area contributed by atoms with Crippen LogP contribution >= 0.6 is 23.2 Å². The van der Waals surface area contributed by atoms with Crippen LogP contribution in [0.25, 0.3) is 0 Å². The third-order valence-electron chi connectivity index (χ3n) is 5.07. The van der Waals surface area contributed by atoms with Crippen molar-refractivity contribution in [3.8, 4) is 11.5 Å². The van der Waals surface area contributed by atoms with Crippen LogP contribution in [0, 0.1) is 0 Å². The van der Waals surface area contributed by atoms with Crippen molar-refractivity contribution >= 4 is 34.9 Å². The Morgan fingerprint density at radius 3 is 2.48 bits per heavy atom. The smallest absolute Gasteiger partial charge is 0.322 e. The molecule has 0 aliphatic carbocycles. The van der Waals surface area contributed by atoms with Gasteiger partial charge in [0, 0.05) is 38.4 Å². The summed E-state index contributed by atoms with van der Waals surface area (Å²) in [5.41, 5.74) is 1.52. The van der Waals surface area contributed by atoms with Gasteiger partial charge in [-0.1, -0.05) is 29.3 Å². The molecule has 0 spiro atoms. The lowest BCUT2D eigenvalue weighted by atomic mass is 10.2. The highest BCUT2D eigenvalue weighted by Gasteiger charge is 2.18. The number of rotatable bonds is 8. The summed E-state index contributed by atoms with van der Waals surface area (Å²) >= 11 is 12.1. The van der Waals surface area contributed by atoms with Crippen molar-refractivity contribution < 1.29 is 19.0 Å². The highest BCUT2D eigenvalue weighted by atomic mass is 35.5. The van der Waals surface area contributed by atoms with Crippen molar-refractivity contribution in [2.24, 2.45) is 0 Å². The van der Waals surface area contributed by atoms with Gasteiger partial charge >= 0.3 is 6.03 Å². The fourth-order valence-electron chi connectivity index (χ4n) is 3.32. The number of nitrogens with one attached hydrogen (secondary N) is 1. The number of anilines is 1. The molecule has 7 nitrogen and oxygen atoms in total. The number of carbonyl (C=O) groups excluding carboxylic acids is 1. The minimum absolute atomic E-state index is 0.221. The number of benzene rings is 2. The second-order valence-electron chi connectivity index (χ2n) is 7.12. The molecule has 1 aliphatic heterocycles. The molecule has 31 heavy (non-hydrogen) atoms. The van der Waals surface area contributed by atoms with Crippen molar-refractivity contribution in [3.05, 3.63) is 52.0 Å². The number of urea groups is 1. The van der Waals surface area contributed by atoms with E-state index < -0.39 is 0 Å². The first-order valence-electron chi connectivity index (χ1n) is 10.0. The maximum absolute atomic E-state index is 13.1. The molecule has 1 heterocycles. The molecule has 9 heteroatoms. The fraction of sp³-hybridized carbons (Fsp3) is 0.409. The molecule has 0 aromatic heterocycles. The molecule has 1 N–H and O–H groups in total. The highest BCUT2D eigenvalue weighted by Crippen LogP contribution is 2.28. The van der Waals surface area contributed by atoms with Gasteiger partial charge in [0.15, 0.2) is 11.5 Å². The Kier molecular flexibility index (Phi) is 8.66. The van der Waals surface area contributed by atoms with E-state index in [9.17, 15) is 4.79 Å². The van der Waals surface area contributed by atoms with Crippen LogP contribution in [0.5, 0.6) is 11.5 Å². The van der Waals surface area contributed by atoms with Crippen LogP contribution in [-0.4, -0.2) is 69.4 Å². The highest BCUT2D eigenvalue weighted by molar-refractivity contribution is 6.42. The van der Waals surface area contributed by atoms with Gasteiger partial charge in [-0.2, -0.15) is 0 Å². The zero-order valence-electron chi connectivity index (χ0n) is 17.7. The monoisotopic (exact) mass is 467 g/mol. The van der Waals surface area contributed by atoms with Crippen LogP contribution in [0.1, 0.15) is 5.56 Å². The largest absolute Gasteiger partial charge is 0.493 e. The van der Waals surface area contributed by atoms with Crippen LogP contribution in [0.3, 0.4) is 0 Å². The lowest BCUT2D eigenvalue weighted by molar-refractivity contribution is 0.0349. The summed E-state index contributed by atoms with van der Waals surface area (Å²) in [6, 6.07) is 10.4. The number of nitrogens with zero attached hydrogens (tertiary/aromatic N) is 2. The van der Waals surface area contributed by atoms with Gasteiger partial charge < -0.3 is 24.4 Å². The average Bonchev–Trinajstić information content (AvgIpc) is 2.79. The molecular weight excluding hydrogens is 441 g/mol. The van der Waals surface area contributed by atoms with Gasteiger partial charge in [0.25, 0.3) is 0 Å². The number of hydrogen-bond donors (Lipinski definition) is 1. The van der Waals surface area contributed by atoms with Crippen molar-refractivity contribution in [2.45, 2.75) is 6.54 Å². The number of hydrogen-bond acceptors (Lipinski definition) is 5. The Hall–Kier alpha value is -2.19. The Balaban J connectivity index is 1.74. The third kappa shape index (κ3) is 6.64. The number of amides is 2. The average molecular weight is 468 g/mol. The minimum atomic E-state index is -0.221. The van der Waals surface area contributed by atoms with Crippen molar-refractivity contribution in [1.82, 2.24) is 9.80 Å². The second-order valence-corrected chi connectivity index (χ2v) is 7.94. The number of methoxy groups -OCH3 is 2. The summed E-state index contributed by atoms with van der Waals surface area (Å²) in [5, 5.41) is 3.74. The SMILES string of the molecule is COc1ccc(CN(CCN2CCOCC2)C(=O)Nc2ccc(Cl)c(Cl)c2)cc1OC. The first kappa shape index (κ1) is 23.5.